The van der Waals surface area contributed by atoms with E-state index in [0.717, 1.165) is 33.6 Å². The van der Waals surface area contributed by atoms with Gasteiger partial charge in [-0.05, 0) is 30.7 Å². The van der Waals surface area contributed by atoms with Gasteiger partial charge < -0.3 is 18.9 Å². The Morgan fingerprint density at radius 3 is 1.75 bits per heavy atom. The maximum absolute atomic E-state index is 5.54. The lowest BCUT2D eigenvalue weighted by molar-refractivity contribution is 0.135. The van der Waals surface area contributed by atoms with E-state index >= 15 is 0 Å². The smallest absolute Gasteiger partial charge is 0.130 e. The van der Waals surface area contributed by atoms with Crippen LogP contribution in [-0.4, -0.2) is 27.9 Å². The van der Waals surface area contributed by atoms with Gasteiger partial charge in [0, 0.05) is 12.0 Å². The van der Waals surface area contributed by atoms with E-state index < -0.39 is 0 Å². The summed E-state index contributed by atoms with van der Waals surface area (Å²) in [4.78, 5) is 0. The average Bonchev–Trinajstić information content (AvgIpc) is 2.51. The Labute approximate surface area is 119 Å². The molecule has 0 atom stereocenters. The summed E-state index contributed by atoms with van der Waals surface area (Å²) in [5.41, 5.74) is 1.05. The molecule has 0 heterocycles. The van der Waals surface area contributed by atoms with Crippen molar-refractivity contribution in [1.29, 1.82) is 0 Å². The number of rotatable bonds is 6. The van der Waals surface area contributed by atoms with Crippen molar-refractivity contribution in [2.24, 2.45) is 0 Å². The highest BCUT2D eigenvalue weighted by Crippen LogP contribution is 2.41. The van der Waals surface area contributed by atoms with Gasteiger partial charge in [-0.25, -0.2) is 0 Å². The lowest BCUT2D eigenvalue weighted by Gasteiger charge is -2.16. The predicted molar refractivity (Wildman–Crippen MR) is 78.9 cm³/mol. The van der Waals surface area contributed by atoms with Gasteiger partial charge in [-0.3, -0.25) is 0 Å². The fourth-order valence-electron chi connectivity index (χ4n) is 2.31. The molecule has 0 radical (unpaired) electrons. The highest BCUT2D eigenvalue weighted by atomic mass is 16.5. The minimum atomic E-state index is 0.528. The van der Waals surface area contributed by atoms with Crippen LogP contribution in [0.1, 0.15) is 12.5 Å². The van der Waals surface area contributed by atoms with Crippen molar-refractivity contribution in [3.63, 3.8) is 0 Å². The molecule has 0 aliphatic heterocycles. The van der Waals surface area contributed by atoms with E-state index in [9.17, 15) is 0 Å². The van der Waals surface area contributed by atoms with Crippen LogP contribution in [0.2, 0.25) is 0 Å². The molecule has 0 saturated heterocycles. The Hall–Kier alpha value is -1.94. The number of fused-ring (bicyclic) bond motifs is 1. The van der Waals surface area contributed by atoms with Gasteiger partial charge in [-0.2, -0.15) is 0 Å². The zero-order valence-electron chi connectivity index (χ0n) is 12.4. The van der Waals surface area contributed by atoms with Crippen LogP contribution in [0, 0.1) is 0 Å². The van der Waals surface area contributed by atoms with Crippen molar-refractivity contribution in [2.45, 2.75) is 13.5 Å². The first-order chi connectivity index (χ1) is 9.76. The lowest BCUT2D eigenvalue weighted by atomic mass is 10.0. The van der Waals surface area contributed by atoms with E-state index in [0.29, 0.717) is 13.2 Å². The second-order valence-electron chi connectivity index (χ2n) is 4.28. The Morgan fingerprint density at radius 2 is 1.25 bits per heavy atom. The van der Waals surface area contributed by atoms with E-state index in [1.54, 1.807) is 21.3 Å². The second kappa shape index (κ2) is 6.48. The molecule has 0 unspecified atom stereocenters. The van der Waals surface area contributed by atoms with E-state index in [1.807, 2.05) is 31.2 Å². The summed E-state index contributed by atoms with van der Waals surface area (Å²) >= 11 is 0. The zero-order valence-corrected chi connectivity index (χ0v) is 12.4. The first kappa shape index (κ1) is 14.5. The maximum atomic E-state index is 5.54. The molecule has 0 saturated carbocycles. The molecule has 0 bridgehead atoms. The highest BCUT2D eigenvalue weighted by molar-refractivity contribution is 6.00. The molecule has 2 aromatic carbocycles. The average molecular weight is 276 g/mol. The van der Waals surface area contributed by atoms with Crippen molar-refractivity contribution in [1.82, 2.24) is 0 Å². The molecule has 2 aromatic rings. The van der Waals surface area contributed by atoms with Crippen LogP contribution in [0.4, 0.5) is 0 Å². The molecule has 0 aliphatic rings. The molecule has 0 aliphatic carbocycles. The molecule has 0 amide bonds. The summed E-state index contributed by atoms with van der Waals surface area (Å²) in [6, 6.07) is 7.71. The van der Waals surface area contributed by atoms with Gasteiger partial charge in [-0.1, -0.05) is 6.07 Å². The molecule has 108 valence electrons. The standard InChI is InChI=1S/C16H20O4/c1-5-20-10-11-6-7-13(18-3)16-14(19-4)9-8-12(17-2)15(11)16/h6-9H,5,10H2,1-4H3. The normalized spacial score (nSPS) is 10.6. The van der Waals surface area contributed by atoms with Crippen LogP contribution in [0.5, 0.6) is 17.2 Å². The molecular formula is C16H20O4. The van der Waals surface area contributed by atoms with Crippen LogP contribution in [0.3, 0.4) is 0 Å². The fraction of sp³-hybridized carbons (Fsp3) is 0.375. The van der Waals surface area contributed by atoms with Crippen LogP contribution < -0.4 is 14.2 Å². The predicted octanol–water partition coefficient (Wildman–Crippen LogP) is 3.40. The first-order valence-electron chi connectivity index (χ1n) is 6.55. The maximum Gasteiger partial charge on any atom is 0.130 e. The molecule has 0 aromatic heterocycles. The molecule has 0 N–H and O–H groups in total. The second-order valence-corrected chi connectivity index (χ2v) is 4.28. The third-order valence-corrected chi connectivity index (χ3v) is 3.25. The molecule has 4 heteroatoms. The van der Waals surface area contributed by atoms with Crippen LogP contribution in [0.25, 0.3) is 10.8 Å². The van der Waals surface area contributed by atoms with Gasteiger partial charge in [0.1, 0.15) is 17.2 Å². The van der Waals surface area contributed by atoms with E-state index in [2.05, 4.69) is 0 Å². The summed E-state index contributed by atoms with van der Waals surface area (Å²) in [5.74, 6) is 2.31. The number of hydrogen-bond acceptors (Lipinski definition) is 4. The van der Waals surface area contributed by atoms with Crippen molar-refractivity contribution in [3.8, 4) is 17.2 Å². The molecule has 0 spiro atoms. The molecule has 20 heavy (non-hydrogen) atoms. The summed E-state index contributed by atoms with van der Waals surface area (Å²) < 4.78 is 21.9. The van der Waals surface area contributed by atoms with Crippen molar-refractivity contribution >= 4 is 10.8 Å². The summed E-state index contributed by atoms with van der Waals surface area (Å²) in [6.07, 6.45) is 0. The summed E-state index contributed by atoms with van der Waals surface area (Å²) in [7, 11) is 4.96. The third-order valence-electron chi connectivity index (χ3n) is 3.25. The van der Waals surface area contributed by atoms with E-state index in [1.165, 1.54) is 0 Å². The number of methoxy groups -OCH3 is 3. The van der Waals surface area contributed by atoms with Crippen molar-refractivity contribution < 1.29 is 18.9 Å². The Balaban J connectivity index is 2.76. The van der Waals surface area contributed by atoms with Gasteiger partial charge in [0.05, 0.1) is 33.3 Å². The number of hydrogen-bond donors (Lipinski definition) is 0. The Morgan fingerprint density at radius 1 is 0.750 bits per heavy atom. The van der Waals surface area contributed by atoms with Gasteiger partial charge >= 0.3 is 0 Å². The highest BCUT2D eigenvalue weighted by Gasteiger charge is 2.16. The molecule has 0 fully saturated rings. The van der Waals surface area contributed by atoms with Gasteiger partial charge in [0.15, 0.2) is 0 Å². The Bertz CT molecular complexity index is 582. The van der Waals surface area contributed by atoms with E-state index in [4.69, 9.17) is 18.9 Å². The van der Waals surface area contributed by atoms with Gasteiger partial charge in [0.25, 0.3) is 0 Å². The largest absolute Gasteiger partial charge is 0.496 e. The Kier molecular flexibility index (Phi) is 4.69. The molecule has 4 nitrogen and oxygen atoms in total. The summed E-state index contributed by atoms with van der Waals surface area (Å²) in [6.45, 7) is 3.17. The topological polar surface area (TPSA) is 36.9 Å². The molecule has 2 rings (SSSR count). The lowest BCUT2D eigenvalue weighted by Crippen LogP contribution is -1.98. The van der Waals surface area contributed by atoms with E-state index in [-0.39, 0.29) is 0 Å². The monoisotopic (exact) mass is 276 g/mol. The SMILES string of the molecule is CCOCc1ccc(OC)c2c(OC)ccc(OC)c12. The number of benzene rings is 2. The van der Waals surface area contributed by atoms with Gasteiger partial charge in [0.2, 0.25) is 0 Å². The first-order valence-corrected chi connectivity index (χ1v) is 6.55. The van der Waals surface area contributed by atoms with Crippen LogP contribution >= 0.6 is 0 Å². The fourth-order valence-corrected chi connectivity index (χ4v) is 2.31. The summed E-state index contributed by atoms with van der Waals surface area (Å²) in [5, 5.41) is 1.88. The van der Waals surface area contributed by atoms with Gasteiger partial charge in [-0.15, -0.1) is 0 Å². The molecular weight excluding hydrogens is 256 g/mol. The van der Waals surface area contributed by atoms with Crippen molar-refractivity contribution in [2.75, 3.05) is 27.9 Å². The third kappa shape index (κ3) is 2.51. The van der Waals surface area contributed by atoms with Crippen LogP contribution in [-0.2, 0) is 11.3 Å². The zero-order chi connectivity index (χ0) is 14.5. The quantitative estimate of drug-likeness (QED) is 0.810. The number of ether oxygens (including phenoxy) is 4. The minimum Gasteiger partial charge on any atom is -0.496 e. The van der Waals surface area contributed by atoms with Crippen LogP contribution in [0.15, 0.2) is 24.3 Å². The minimum absolute atomic E-state index is 0.528. The van der Waals surface area contributed by atoms with Crippen molar-refractivity contribution in [3.05, 3.63) is 29.8 Å².